The number of hydrogen-bond acceptors (Lipinski definition) is 1. The van der Waals surface area contributed by atoms with Crippen LogP contribution in [0.3, 0.4) is 0 Å². The Bertz CT molecular complexity index is 437. The summed E-state index contributed by atoms with van der Waals surface area (Å²) in [5.41, 5.74) is 3.07. The zero-order valence-electron chi connectivity index (χ0n) is 12.2. The standard InChI is InChI=1S/C18H26O/c1-12(2)13-7-8-18(19)16(9-13)11-15-10-14-5-3-4-6-17(14)15/h3-6,12-13,15-16,18-19H,7-11H2,1-2H3. The summed E-state index contributed by atoms with van der Waals surface area (Å²) in [5.74, 6) is 2.83. The molecule has 0 amide bonds. The molecule has 0 heterocycles. The van der Waals surface area contributed by atoms with E-state index in [2.05, 4.69) is 38.1 Å². The van der Waals surface area contributed by atoms with E-state index in [0.717, 1.165) is 18.3 Å². The summed E-state index contributed by atoms with van der Waals surface area (Å²) >= 11 is 0. The van der Waals surface area contributed by atoms with Crippen LogP contribution in [0.1, 0.15) is 56.6 Å². The number of rotatable bonds is 3. The molecular formula is C18H26O. The van der Waals surface area contributed by atoms with Gasteiger partial charge < -0.3 is 5.11 Å². The maximum absolute atomic E-state index is 10.3. The first-order valence-corrected chi connectivity index (χ1v) is 7.91. The maximum Gasteiger partial charge on any atom is 0.0568 e. The highest BCUT2D eigenvalue weighted by Gasteiger charge is 2.35. The van der Waals surface area contributed by atoms with E-state index in [1.807, 2.05) is 0 Å². The third-order valence-corrected chi connectivity index (χ3v) is 5.47. The molecule has 1 nitrogen and oxygen atoms in total. The van der Waals surface area contributed by atoms with Gasteiger partial charge in [0.25, 0.3) is 0 Å². The van der Waals surface area contributed by atoms with Gasteiger partial charge in [0.2, 0.25) is 0 Å². The third kappa shape index (κ3) is 2.58. The van der Waals surface area contributed by atoms with Crippen LogP contribution in [-0.2, 0) is 6.42 Å². The summed E-state index contributed by atoms with van der Waals surface area (Å²) in [6.45, 7) is 4.66. The second kappa shape index (κ2) is 5.28. The fourth-order valence-electron chi connectivity index (χ4n) is 4.08. The summed E-state index contributed by atoms with van der Waals surface area (Å²) in [6.07, 6.45) is 5.84. The first-order valence-electron chi connectivity index (χ1n) is 7.91. The van der Waals surface area contributed by atoms with E-state index in [9.17, 15) is 5.11 Å². The zero-order chi connectivity index (χ0) is 13.4. The summed E-state index contributed by atoms with van der Waals surface area (Å²) in [7, 11) is 0. The van der Waals surface area contributed by atoms with Crippen LogP contribution in [-0.4, -0.2) is 11.2 Å². The second-order valence-corrected chi connectivity index (χ2v) is 6.98. The van der Waals surface area contributed by atoms with E-state index in [-0.39, 0.29) is 6.10 Å². The lowest BCUT2D eigenvalue weighted by Gasteiger charge is -2.39. The Morgan fingerprint density at radius 1 is 1.21 bits per heavy atom. The largest absolute Gasteiger partial charge is 0.393 e. The highest BCUT2D eigenvalue weighted by atomic mass is 16.3. The fourth-order valence-corrected chi connectivity index (χ4v) is 4.08. The van der Waals surface area contributed by atoms with Gasteiger partial charge in [-0.25, -0.2) is 0 Å². The second-order valence-electron chi connectivity index (χ2n) is 6.98. The first kappa shape index (κ1) is 13.2. The quantitative estimate of drug-likeness (QED) is 0.863. The molecule has 4 atom stereocenters. The van der Waals surface area contributed by atoms with E-state index in [1.165, 1.54) is 31.2 Å². The molecule has 2 aliphatic carbocycles. The van der Waals surface area contributed by atoms with Crippen LogP contribution in [0.4, 0.5) is 0 Å². The van der Waals surface area contributed by atoms with Crippen molar-refractivity contribution in [2.45, 2.75) is 58.0 Å². The van der Waals surface area contributed by atoms with Crippen LogP contribution in [0.25, 0.3) is 0 Å². The molecule has 0 saturated heterocycles. The Morgan fingerprint density at radius 3 is 2.74 bits per heavy atom. The molecule has 1 fully saturated rings. The van der Waals surface area contributed by atoms with Crippen LogP contribution >= 0.6 is 0 Å². The average Bonchev–Trinajstić information content (AvgIpc) is 2.37. The molecule has 19 heavy (non-hydrogen) atoms. The van der Waals surface area contributed by atoms with Crippen molar-refractivity contribution in [2.75, 3.05) is 0 Å². The van der Waals surface area contributed by atoms with Gasteiger partial charge in [0.15, 0.2) is 0 Å². The Kier molecular flexibility index (Phi) is 3.66. The Hall–Kier alpha value is -0.820. The average molecular weight is 258 g/mol. The van der Waals surface area contributed by atoms with Crippen molar-refractivity contribution in [3.63, 3.8) is 0 Å². The van der Waals surface area contributed by atoms with Crippen molar-refractivity contribution >= 4 is 0 Å². The Balaban J connectivity index is 1.63. The number of fused-ring (bicyclic) bond motifs is 1. The minimum atomic E-state index is -0.0530. The van der Waals surface area contributed by atoms with Crippen LogP contribution in [0.5, 0.6) is 0 Å². The Morgan fingerprint density at radius 2 is 2.00 bits per heavy atom. The van der Waals surface area contributed by atoms with Gasteiger partial charge in [0, 0.05) is 0 Å². The van der Waals surface area contributed by atoms with Crippen LogP contribution in [0.2, 0.25) is 0 Å². The van der Waals surface area contributed by atoms with Gasteiger partial charge in [-0.1, -0.05) is 38.1 Å². The molecule has 104 valence electrons. The first-order chi connectivity index (χ1) is 9.15. The molecule has 1 N–H and O–H groups in total. The molecular weight excluding hydrogens is 232 g/mol. The lowest BCUT2D eigenvalue weighted by atomic mass is 9.67. The van der Waals surface area contributed by atoms with E-state index in [1.54, 1.807) is 5.56 Å². The molecule has 0 spiro atoms. The van der Waals surface area contributed by atoms with Gasteiger partial charge in [-0.2, -0.15) is 0 Å². The van der Waals surface area contributed by atoms with E-state index in [4.69, 9.17) is 0 Å². The predicted octanol–water partition coefficient (Wildman–Crippen LogP) is 4.15. The summed E-state index contributed by atoms with van der Waals surface area (Å²) in [4.78, 5) is 0. The predicted molar refractivity (Wildman–Crippen MR) is 79.2 cm³/mol. The summed E-state index contributed by atoms with van der Waals surface area (Å²) < 4.78 is 0. The molecule has 3 rings (SSSR count). The summed E-state index contributed by atoms with van der Waals surface area (Å²) in [6, 6.07) is 8.82. The number of aliphatic hydroxyl groups is 1. The minimum Gasteiger partial charge on any atom is -0.393 e. The third-order valence-electron chi connectivity index (χ3n) is 5.47. The van der Waals surface area contributed by atoms with Crippen LogP contribution in [0.15, 0.2) is 24.3 Å². The van der Waals surface area contributed by atoms with Gasteiger partial charge >= 0.3 is 0 Å². The molecule has 1 heteroatoms. The molecule has 1 saturated carbocycles. The molecule has 0 aliphatic heterocycles. The molecule has 1 aromatic rings. The molecule has 2 aliphatic rings. The van der Waals surface area contributed by atoms with Gasteiger partial charge in [-0.15, -0.1) is 0 Å². The highest BCUT2D eigenvalue weighted by Crippen LogP contribution is 2.44. The van der Waals surface area contributed by atoms with Crippen molar-refractivity contribution in [3.05, 3.63) is 35.4 Å². The molecule has 0 radical (unpaired) electrons. The fraction of sp³-hybridized carbons (Fsp3) is 0.667. The van der Waals surface area contributed by atoms with Crippen LogP contribution in [0, 0.1) is 17.8 Å². The molecule has 4 unspecified atom stereocenters. The maximum atomic E-state index is 10.3. The topological polar surface area (TPSA) is 20.2 Å². The van der Waals surface area contributed by atoms with E-state index < -0.39 is 0 Å². The SMILES string of the molecule is CC(C)C1CCC(O)C(CC2Cc3ccccc32)C1. The lowest BCUT2D eigenvalue weighted by molar-refractivity contribution is 0.0290. The van der Waals surface area contributed by atoms with Gasteiger partial charge in [0.05, 0.1) is 6.10 Å². The van der Waals surface area contributed by atoms with Gasteiger partial charge in [0.1, 0.15) is 0 Å². The summed E-state index contributed by atoms with van der Waals surface area (Å²) in [5, 5.41) is 10.3. The van der Waals surface area contributed by atoms with E-state index in [0.29, 0.717) is 11.8 Å². The highest BCUT2D eigenvalue weighted by molar-refractivity contribution is 5.39. The Labute approximate surface area is 117 Å². The van der Waals surface area contributed by atoms with Crippen molar-refractivity contribution in [2.24, 2.45) is 17.8 Å². The molecule has 0 aromatic heterocycles. The molecule has 1 aromatic carbocycles. The normalized spacial score (nSPS) is 33.9. The number of hydrogen-bond donors (Lipinski definition) is 1. The number of benzene rings is 1. The number of aliphatic hydroxyl groups excluding tert-OH is 1. The minimum absolute atomic E-state index is 0.0530. The van der Waals surface area contributed by atoms with Gasteiger partial charge in [-0.3, -0.25) is 0 Å². The monoisotopic (exact) mass is 258 g/mol. The van der Waals surface area contributed by atoms with E-state index >= 15 is 0 Å². The molecule has 0 bridgehead atoms. The van der Waals surface area contributed by atoms with Gasteiger partial charge in [-0.05, 0) is 66.9 Å². The van der Waals surface area contributed by atoms with Crippen molar-refractivity contribution in [1.29, 1.82) is 0 Å². The lowest BCUT2D eigenvalue weighted by Crippen LogP contribution is -2.33. The van der Waals surface area contributed by atoms with Crippen molar-refractivity contribution < 1.29 is 5.11 Å². The van der Waals surface area contributed by atoms with Crippen molar-refractivity contribution in [1.82, 2.24) is 0 Å². The van der Waals surface area contributed by atoms with Crippen molar-refractivity contribution in [3.8, 4) is 0 Å². The smallest absolute Gasteiger partial charge is 0.0568 e. The zero-order valence-corrected chi connectivity index (χ0v) is 12.2. The van der Waals surface area contributed by atoms with Crippen LogP contribution < -0.4 is 0 Å².